The molecule has 6 heteroatoms. The van der Waals surface area contributed by atoms with Crippen LogP contribution in [0.4, 0.5) is 5.69 Å². The van der Waals surface area contributed by atoms with Crippen LogP contribution in [0.15, 0.2) is 48.5 Å². The Morgan fingerprint density at radius 1 is 1.07 bits per heavy atom. The van der Waals surface area contributed by atoms with Crippen LogP contribution in [0.25, 0.3) is 0 Å². The Hall–Kier alpha value is -2.86. The van der Waals surface area contributed by atoms with Gasteiger partial charge in [0.1, 0.15) is 5.75 Å². The summed E-state index contributed by atoms with van der Waals surface area (Å²) < 4.78 is 15.8. The van der Waals surface area contributed by atoms with E-state index in [9.17, 15) is 9.59 Å². The Morgan fingerprint density at radius 2 is 1.75 bits per heavy atom. The number of hydrogen-bond acceptors (Lipinski definition) is 5. The van der Waals surface area contributed by atoms with Gasteiger partial charge >= 0.3 is 5.97 Å². The lowest BCUT2D eigenvalue weighted by Gasteiger charge is -2.36. The van der Waals surface area contributed by atoms with Crippen molar-refractivity contribution >= 4 is 17.6 Å². The third-order valence-corrected chi connectivity index (χ3v) is 5.09. The second kappa shape index (κ2) is 8.89. The molecule has 1 N–H and O–H groups in total. The lowest BCUT2D eigenvalue weighted by molar-refractivity contribution is -0.125. The summed E-state index contributed by atoms with van der Waals surface area (Å²) in [5, 5.41) is 2.96. The summed E-state index contributed by atoms with van der Waals surface area (Å²) >= 11 is 0. The van der Waals surface area contributed by atoms with Gasteiger partial charge in [0, 0.05) is 13.2 Å². The standard InChI is InChI=1S/C22H25NO5/c1-3-28-20(24)18-6-4-5-7-19(18)23-21(25)22(12-14-27-15-13-22)16-8-10-17(26-2)11-9-16/h4-11H,3,12-15H2,1-2H3,(H,23,25). The Morgan fingerprint density at radius 3 is 2.39 bits per heavy atom. The highest BCUT2D eigenvalue weighted by Crippen LogP contribution is 2.37. The van der Waals surface area contributed by atoms with E-state index < -0.39 is 11.4 Å². The molecule has 0 aromatic heterocycles. The van der Waals surface area contributed by atoms with Crippen molar-refractivity contribution in [3.05, 3.63) is 59.7 Å². The van der Waals surface area contributed by atoms with Crippen molar-refractivity contribution < 1.29 is 23.8 Å². The fourth-order valence-electron chi connectivity index (χ4n) is 3.50. The van der Waals surface area contributed by atoms with Crippen molar-refractivity contribution in [2.45, 2.75) is 25.2 Å². The average molecular weight is 383 g/mol. The summed E-state index contributed by atoms with van der Waals surface area (Å²) in [5.74, 6) is 0.126. The number of esters is 1. The van der Waals surface area contributed by atoms with Crippen LogP contribution in [0.2, 0.25) is 0 Å². The number of anilines is 1. The third kappa shape index (κ3) is 4.02. The first-order valence-electron chi connectivity index (χ1n) is 9.40. The molecule has 3 rings (SSSR count). The summed E-state index contributed by atoms with van der Waals surface area (Å²) in [7, 11) is 1.61. The van der Waals surface area contributed by atoms with Gasteiger partial charge in [0.05, 0.1) is 30.4 Å². The SMILES string of the molecule is CCOC(=O)c1ccccc1NC(=O)C1(c2ccc(OC)cc2)CCOCC1. The van der Waals surface area contributed by atoms with E-state index in [4.69, 9.17) is 14.2 Å². The van der Waals surface area contributed by atoms with Gasteiger partial charge in [-0.15, -0.1) is 0 Å². The number of methoxy groups -OCH3 is 1. The minimum absolute atomic E-state index is 0.155. The van der Waals surface area contributed by atoms with E-state index in [0.717, 1.165) is 11.3 Å². The lowest BCUT2D eigenvalue weighted by Crippen LogP contribution is -2.45. The predicted molar refractivity (Wildman–Crippen MR) is 106 cm³/mol. The second-order valence-electron chi connectivity index (χ2n) is 6.64. The number of para-hydroxylation sites is 1. The van der Waals surface area contributed by atoms with E-state index in [-0.39, 0.29) is 12.5 Å². The maximum absolute atomic E-state index is 13.4. The maximum Gasteiger partial charge on any atom is 0.340 e. The number of rotatable bonds is 6. The van der Waals surface area contributed by atoms with Crippen molar-refractivity contribution in [2.75, 3.05) is 32.2 Å². The number of ether oxygens (including phenoxy) is 3. The van der Waals surface area contributed by atoms with Gasteiger partial charge in [-0.1, -0.05) is 24.3 Å². The van der Waals surface area contributed by atoms with Gasteiger partial charge < -0.3 is 19.5 Å². The summed E-state index contributed by atoms with van der Waals surface area (Å²) in [4.78, 5) is 25.7. The molecule has 28 heavy (non-hydrogen) atoms. The lowest BCUT2D eigenvalue weighted by atomic mass is 9.73. The fourth-order valence-corrected chi connectivity index (χ4v) is 3.50. The van der Waals surface area contributed by atoms with Crippen molar-refractivity contribution in [1.82, 2.24) is 0 Å². The van der Waals surface area contributed by atoms with Crippen molar-refractivity contribution in [3.8, 4) is 5.75 Å². The molecule has 0 spiro atoms. The van der Waals surface area contributed by atoms with Crippen LogP contribution in [0.1, 0.15) is 35.7 Å². The molecule has 0 unspecified atom stereocenters. The molecule has 0 bridgehead atoms. The molecule has 148 valence electrons. The molecule has 1 aliphatic rings. The first-order chi connectivity index (χ1) is 13.6. The molecule has 1 aliphatic heterocycles. The Kier molecular flexibility index (Phi) is 6.31. The smallest absolute Gasteiger partial charge is 0.340 e. The number of carbonyl (C=O) groups is 2. The molecule has 1 amide bonds. The van der Waals surface area contributed by atoms with Crippen molar-refractivity contribution in [3.63, 3.8) is 0 Å². The Balaban J connectivity index is 1.92. The van der Waals surface area contributed by atoms with E-state index in [1.807, 2.05) is 24.3 Å². The Labute approximate surface area is 164 Å². The quantitative estimate of drug-likeness (QED) is 0.772. The van der Waals surface area contributed by atoms with E-state index in [1.165, 1.54) is 0 Å². The van der Waals surface area contributed by atoms with E-state index >= 15 is 0 Å². The van der Waals surface area contributed by atoms with Gasteiger partial charge in [-0.25, -0.2) is 4.79 Å². The van der Waals surface area contributed by atoms with Gasteiger partial charge in [-0.2, -0.15) is 0 Å². The molecule has 2 aromatic rings. The van der Waals surface area contributed by atoms with Crippen molar-refractivity contribution in [1.29, 1.82) is 0 Å². The highest BCUT2D eigenvalue weighted by molar-refractivity contribution is 6.04. The largest absolute Gasteiger partial charge is 0.497 e. The zero-order valence-corrected chi connectivity index (χ0v) is 16.2. The van der Waals surface area contributed by atoms with Crippen LogP contribution < -0.4 is 10.1 Å². The van der Waals surface area contributed by atoms with Crippen LogP contribution in [0.5, 0.6) is 5.75 Å². The number of carbonyl (C=O) groups excluding carboxylic acids is 2. The molecule has 0 radical (unpaired) electrons. The summed E-state index contributed by atoms with van der Waals surface area (Å²) in [6, 6.07) is 14.4. The molecule has 0 saturated carbocycles. The van der Waals surface area contributed by atoms with E-state index in [1.54, 1.807) is 38.3 Å². The normalized spacial score (nSPS) is 15.5. The first kappa shape index (κ1) is 19.9. The minimum atomic E-state index is -0.730. The predicted octanol–water partition coefficient (Wildman–Crippen LogP) is 3.56. The van der Waals surface area contributed by atoms with Gasteiger partial charge in [-0.05, 0) is 49.6 Å². The monoisotopic (exact) mass is 383 g/mol. The second-order valence-corrected chi connectivity index (χ2v) is 6.64. The number of benzene rings is 2. The summed E-state index contributed by atoms with van der Waals surface area (Å²) in [6.45, 7) is 3.02. The van der Waals surface area contributed by atoms with Crippen LogP contribution in [0, 0.1) is 0 Å². The van der Waals surface area contributed by atoms with Crippen LogP contribution in [0.3, 0.4) is 0 Å². The van der Waals surface area contributed by atoms with E-state index in [2.05, 4.69) is 5.32 Å². The molecular weight excluding hydrogens is 358 g/mol. The van der Waals surface area contributed by atoms with Crippen LogP contribution in [-0.2, 0) is 19.7 Å². The minimum Gasteiger partial charge on any atom is -0.497 e. The van der Waals surface area contributed by atoms with Gasteiger partial charge in [-0.3, -0.25) is 4.79 Å². The van der Waals surface area contributed by atoms with Crippen LogP contribution in [-0.4, -0.2) is 38.8 Å². The highest BCUT2D eigenvalue weighted by Gasteiger charge is 2.42. The average Bonchev–Trinajstić information content (AvgIpc) is 2.74. The molecule has 1 saturated heterocycles. The Bertz CT molecular complexity index is 825. The van der Waals surface area contributed by atoms with Gasteiger partial charge in [0.2, 0.25) is 5.91 Å². The number of amides is 1. The summed E-state index contributed by atoms with van der Waals surface area (Å²) in [5.41, 5.74) is 0.967. The van der Waals surface area contributed by atoms with Gasteiger partial charge in [0.15, 0.2) is 0 Å². The van der Waals surface area contributed by atoms with Crippen LogP contribution >= 0.6 is 0 Å². The molecule has 1 heterocycles. The molecule has 6 nitrogen and oxygen atoms in total. The highest BCUT2D eigenvalue weighted by atomic mass is 16.5. The first-order valence-corrected chi connectivity index (χ1v) is 9.40. The zero-order chi connectivity index (χ0) is 20.0. The third-order valence-electron chi connectivity index (χ3n) is 5.09. The number of hydrogen-bond donors (Lipinski definition) is 1. The molecule has 0 atom stereocenters. The zero-order valence-electron chi connectivity index (χ0n) is 16.2. The fraction of sp³-hybridized carbons (Fsp3) is 0.364. The molecular formula is C22H25NO5. The maximum atomic E-state index is 13.4. The topological polar surface area (TPSA) is 73.9 Å². The molecule has 0 aliphatic carbocycles. The number of nitrogens with one attached hydrogen (secondary N) is 1. The van der Waals surface area contributed by atoms with Gasteiger partial charge in [0.25, 0.3) is 0 Å². The van der Waals surface area contributed by atoms with E-state index in [0.29, 0.717) is 37.3 Å². The van der Waals surface area contributed by atoms with Crippen molar-refractivity contribution in [2.24, 2.45) is 0 Å². The molecule has 2 aromatic carbocycles. The summed E-state index contributed by atoms with van der Waals surface area (Å²) in [6.07, 6.45) is 1.12. The molecule has 1 fully saturated rings.